The van der Waals surface area contributed by atoms with Crippen LogP contribution < -0.4 is 22.5 Å². The summed E-state index contributed by atoms with van der Waals surface area (Å²) in [7, 11) is 0. The maximum atomic E-state index is 12.1. The number of nitrogens with zero attached hydrogens (tertiary/aromatic N) is 4. The lowest BCUT2D eigenvalue weighted by molar-refractivity contribution is -0.0469. The average Bonchev–Trinajstić information content (AvgIpc) is 3.25. The van der Waals surface area contributed by atoms with Crippen LogP contribution in [0.4, 0.5) is 10.6 Å². The Hall–Kier alpha value is -2.84. The van der Waals surface area contributed by atoms with Crippen LogP contribution in [0.1, 0.15) is 11.9 Å². The minimum Gasteiger partial charge on any atom is -0.464 e. The maximum absolute atomic E-state index is 12.1. The Bertz CT molecular complexity index is 915. The van der Waals surface area contributed by atoms with Gasteiger partial charge in [-0.3, -0.25) is 4.57 Å². The molecular weight excluding hydrogens is 386 g/mol. The van der Waals surface area contributed by atoms with Crippen LogP contribution in [0.5, 0.6) is 0 Å². The Morgan fingerprint density at radius 1 is 1.45 bits per heavy atom. The van der Waals surface area contributed by atoms with E-state index in [1.54, 1.807) is 0 Å². The Labute approximate surface area is 164 Å². The number of ether oxygens (including phenoxy) is 1. The molecule has 8 N–H and O–H groups in total. The molecule has 29 heavy (non-hydrogen) atoms. The summed E-state index contributed by atoms with van der Waals surface area (Å²) in [5, 5.41) is 31.9. The van der Waals surface area contributed by atoms with E-state index in [1.165, 1.54) is 29.4 Å². The van der Waals surface area contributed by atoms with E-state index in [-0.39, 0.29) is 18.8 Å². The van der Waals surface area contributed by atoms with E-state index in [9.17, 15) is 19.8 Å². The molecule has 0 aliphatic carbocycles. The van der Waals surface area contributed by atoms with E-state index in [0.29, 0.717) is 5.69 Å². The van der Waals surface area contributed by atoms with Crippen LogP contribution >= 0.6 is 0 Å². The molecule has 0 unspecified atom stereocenters. The Balaban J connectivity index is 1.68. The molecule has 13 heteroatoms. The van der Waals surface area contributed by atoms with Crippen molar-refractivity contribution < 1.29 is 24.9 Å². The fourth-order valence-corrected chi connectivity index (χ4v) is 3.18. The number of anilines is 1. The molecule has 1 fully saturated rings. The number of carboxylic acid groups (broad SMARTS) is 1. The zero-order valence-corrected chi connectivity index (χ0v) is 15.3. The van der Waals surface area contributed by atoms with Crippen molar-refractivity contribution in [2.45, 2.75) is 36.9 Å². The molecule has 3 rings (SSSR count). The van der Waals surface area contributed by atoms with Crippen molar-refractivity contribution in [1.29, 1.82) is 0 Å². The normalized spacial score (nSPS) is 25.2. The first kappa shape index (κ1) is 20.9. The molecular formula is C16H23N7O6. The molecule has 3 heterocycles. The van der Waals surface area contributed by atoms with Crippen molar-refractivity contribution in [2.75, 3.05) is 18.9 Å². The second-order valence-electron chi connectivity index (χ2n) is 6.73. The fraction of sp³-hybridized carbons (Fsp3) is 0.500. The van der Waals surface area contributed by atoms with Crippen LogP contribution in [0.25, 0.3) is 0 Å². The summed E-state index contributed by atoms with van der Waals surface area (Å²) in [6.07, 6.45) is 0.138. The molecule has 13 nitrogen and oxygen atoms in total. The van der Waals surface area contributed by atoms with Crippen molar-refractivity contribution in [2.24, 2.45) is 5.73 Å². The molecule has 0 spiro atoms. The number of aliphatic hydroxyl groups excluding tert-OH is 2. The van der Waals surface area contributed by atoms with Gasteiger partial charge < -0.3 is 36.8 Å². The maximum Gasteiger partial charge on any atom is 0.416 e. The van der Waals surface area contributed by atoms with Crippen molar-refractivity contribution in [3.8, 4) is 0 Å². The Morgan fingerprint density at radius 3 is 2.83 bits per heavy atom. The first-order valence-corrected chi connectivity index (χ1v) is 8.84. The first-order valence-electron chi connectivity index (χ1n) is 8.84. The van der Waals surface area contributed by atoms with Crippen LogP contribution in [0, 0.1) is 0 Å². The van der Waals surface area contributed by atoms with Gasteiger partial charge >= 0.3 is 11.8 Å². The van der Waals surface area contributed by atoms with Crippen molar-refractivity contribution in [1.82, 2.24) is 24.4 Å². The van der Waals surface area contributed by atoms with Crippen LogP contribution in [-0.2, 0) is 11.2 Å². The van der Waals surface area contributed by atoms with E-state index >= 15 is 0 Å². The van der Waals surface area contributed by atoms with E-state index in [4.69, 9.17) is 21.3 Å². The molecule has 5 atom stereocenters. The van der Waals surface area contributed by atoms with Gasteiger partial charge in [0, 0.05) is 31.4 Å². The summed E-state index contributed by atoms with van der Waals surface area (Å²) >= 11 is 0. The van der Waals surface area contributed by atoms with Gasteiger partial charge in [-0.05, 0) is 6.07 Å². The number of hydrogen-bond donors (Lipinski definition) is 6. The van der Waals surface area contributed by atoms with Gasteiger partial charge in [-0.2, -0.15) is 4.98 Å². The van der Waals surface area contributed by atoms with E-state index in [2.05, 4.69) is 15.3 Å². The summed E-state index contributed by atoms with van der Waals surface area (Å²) in [4.78, 5) is 30.7. The molecule has 0 aromatic carbocycles. The number of hydrogen-bond acceptors (Lipinski definition) is 10. The zero-order valence-electron chi connectivity index (χ0n) is 15.3. The predicted octanol–water partition coefficient (Wildman–Crippen LogP) is -2.67. The fourth-order valence-electron chi connectivity index (χ4n) is 3.18. The number of nitrogens with two attached hydrogens (primary N) is 2. The second-order valence-corrected chi connectivity index (χ2v) is 6.73. The van der Waals surface area contributed by atoms with E-state index < -0.39 is 48.9 Å². The molecule has 1 aliphatic heterocycles. The van der Waals surface area contributed by atoms with E-state index in [1.807, 2.05) is 0 Å². The summed E-state index contributed by atoms with van der Waals surface area (Å²) in [6, 6.07) is 0.206. The number of carbonyl (C=O) groups is 1. The van der Waals surface area contributed by atoms with Crippen LogP contribution in [0.2, 0.25) is 0 Å². The first-order chi connectivity index (χ1) is 13.8. The molecule has 1 saturated heterocycles. The average molecular weight is 409 g/mol. The molecule has 158 valence electrons. The monoisotopic (exact) mass is 409 g/mol. The minimum absolute atomic E-state index is 0.0517. The zero-order chi connectivity index (χ0) is 21.1. The number of imidazole rings is 1. The van der Waals surface area contributed by atoms with Crippen LogP contribution in [0.15, 0.2) is 29.6 Å². The number of aromatic nitrogens is 4. The number of nitrogen functional groups attached to an aromatic ring is 1. The number of nitrogens with one attached hydrogen (secondary N) is 1. The van der Waals surface area contributed by atoms with Crippen LogP contribution in [-0.4, -0.2) is 78.0 Å². The third-order valence-electron chi connectivity index (χ3n) is 4.62. The standard InChI is InChI=1S/C16H23N7O6/c17-8(3-9-5-22(7-20-9)16(27)28)4-19-12-13(25)10(6-24)29-14(12)23-2-1-11(18)21-15(23)26/h1-2,5,7-8,10,12-14,19,24-25H,3-4,6,17H2,(H,27,28)(H2,18,21,26)/t8-,10+,12+,13+,14+/m0/s1. The molecule has 0 radical (unpaired) electrons. The molecule has 0 saturated carbocycles. The Morgan fingerprint density at radius 2 is 2.21 bits per heavy atom. The largest absolute Gasteiger partial charge is 0.464 e. The highest BCUT2D eigenvalue weighted by Crippen LogP contribution is 2.28. The molecule has 1 aliphatic rings. The van der Waals surface area contributed by atoms with Crippen molar-refractivity contribution >= 4 is 11.9 Å². The third-order valence-corrected chi connectivity index (χ3v) is 4.62. The van der Waals surface area contributed by atoms with Gasteiger partial charge in [-0.25, -0.2) is 19.1 Å². The summed E-state index contributed by atoms with van der Waals surface area (Å²) in [5.74, 6) is 0.0517. The van der Waals surface area contributed by atoms with Gasteiger partial charge in [0.2, 0.25) is 0 Å². The highest BCUT2D eigenvalue weighted by molar-refractivity contribution is 5.67. The predicted molar refractivity (Wildman–Crippen MR) is 99.0 cm³/mol. The SMILES string of the molecule is Nc1ccn([C@@H]2O[C@H](CO)[C@@H](O)[C@H]2NC[C@@H](N)Cc2cn(C(=O)O)cn2)c(=O)n1. The smallest absolute Gasteiger partial charge is 0.416 e. The highest BCUT2D eigenvalue weighted by atomic mass is 16.5. The lowest BCUT2D eigenvalue weighted by atomic mass is 10.1. The topological polar surface area (TPSA) is 204 Å². The van der Waals surface area contributed by atoms with Crippen LogP contribution in [0.3, 0.4) is 0 Å². The molecule has 0 amide bonds. The van der Waals surface area contributed by atoms with Gasteiger partial charge in [-0.1, -0.05) is 0 Å². The second kappa shape index (κ2) is 8.67. The van der Waals surface area contributed by atoms with Gasteiger partial charge in [0.25, 0.3) is 0 Å². The number of rotatable bonds is 7. The Kier molecular flexibility index (Phi) is 6.24. The third kappa shape index (κ3) is 4.60. The summed E-state index contributed by atoms with van der Waals surface area (Å²) in [6.45, 7) is -0.234. The molecule has 2 aromatic rings. The molecule has 0 bridgehead atoms. The lowest BCUT2D eigenvalue weighted by Crippen LogP contribution is -2.49. The highest BCUT2D eigenvalue weighted by Gasteiger charge is 2.44. The number of aliphatic hydroxyl groups is 2. The van der Waals surface area contributed by atoms with Crippen molar-refractivity contribution in [3.63, 3.8) is 0 Å². The van der Waals surface area contributed by atoms with Gasteiger partial charge in [0.15, 0.2) is 6.23 Å². The summed E-state index contributed by atoms with van der Waals surface area (Å²) in [5.41, 5.74) is 11.4. The van der Waals surface area contributed by atoms with Gasteiger partial charge in [-0.15, -0.1) is 0 Å². The molecule has 2 aromatic heterocycles. The quantitative estimate of drug-likeness (QED) is 0.278. The van der Waals surface area contributed by atoms with Gasteiger partial charge in [0.1, 0.15) is 24.4 Å². The summed E-state index contributed by atoms with van der Waals surface area (Å²) < 4.78 is 7.72. The van der Waals surface area contributed by atoms with Gasteiger partial charge in [0.05, 0.1) is 18.3 Å². The minimum atomic E-state index is -1.15. The van der Waals surface area contributed by atoms with Crippen molar-refractivity contribution in [3.05, 3.63) is 41.0 Å². The van der Waals surface area contributed by atoms with E-state index in [0.717, 1.165) is 4.57 Å². The lowest BCUT2D eigenvalue weighted by Gasteiger charge is -2.24.